The Bertz CT molecular complexity index is 1070. The zero-order chi connectivity index (χ0) is 19.0. The van der Waals surface area contributed by atoms with Gasteiger partial charge in [0.1, 0.15) is 0 Å². The molecule has 4 rings (SSSR count). The Balaban J connectivity index is 1.68. The van der Waals surface area contributed by atoms with Crippen molar-refractivity contribution in [2.45, 2.75) is 16.6 Å². The summed E-state index contributed by atoms with van der Waals surface area (Å²) in [6, 6.07) is 19.6. The van der Waals surface area contributed by atoms with Gasteiger partial charge in [0.05, 0.1) is 16.5 Å². The van der Waals surface area contributed by atoms with Crippen LogP contribution in [0.15, 0.2) is 71.6 Å². The topological polar surface area (TPSA) is 74.7 Å². The first-order chi connectivity index (χ1) is 13.1. The van der Waals surface area contributed by atoms with E-state index in [1.807, 2.05) is 36.4 Å². The molecule has 0 spiro atoms. The van der Waals surface area contributed by atoms with Crippen LogP contribution >= 0.6 is 11.8 Å². The Kier molecular flexibility index (Phi) is 4.41. The summed E-state index contributed by atoms with van der Waals surface area (Å²) in [5.41, 5.74) is 0.698. The summed E-state index contributed by atoms with van der Waals surface area (Å²) in [6.45, 7) is 0. The fourth-order valence-corrected chi connectivity index (χ4v) is 4.43. The van der Waals surface area contributed by atoms with Gasteiger partial charge in [-0.1, -0.05) is 48.5 Å². The third kappa shape index (κ3) is 3.08. The number of anilines is 1. The van der Waals surface area contributed by atoms with Crippen molar-refractivity contribution in [2.75, 3.05) is 4.90 Å². The van der Waals surface area contributed by atoms with E-state index in [1.165, 1.54) is 11.0 Å². The smallest absolute Gasteiger partial charge is 0.336 e. The standard InChI is InChI=1S/C21H15NO4S/c23-19-12-18(27-17-11-4-3-9-15(17)21(25)26)20(24)22(19)16-10-5-7-13-6-1-2-8-14(13)16/h1-11,18H,12H2,(H,25,26). The first kappa shape index (κ1) is 17.3. The van der Waals surface area contributed by atoms with Crippen LogP contribution in [-0.4, -0.2) is 28.1 Å². The largest absolute Gasteiger partial charge is 0.478 e. The SMILES string of the molecule is O=C(O)c1ccccc1SC1CC(=O)N(c2cccc3ccccc23)C1=O. The summed E-state index contributed by atoms with van der Waals surface area (Å²) in [6.07, 6.45) is 0.0423. The molecule has 6 heteroatoms. The number of aromatic carboxylic acids is 1. The molecular weight excluding hydrogens is 362 g/mol. The fraction of sp³-hybridized carbons (Fsp3) is 0.0952. The molecule has 1 fully saturated rings. The van der Waals surface area contributed by atoms with Crippen LogP contribution in [0, 0.1) is 0 Å². The quantitative estimate of drug-likeness (QED) is 0.697. The third-order valence-corrected chi connectivity index (χ3v) is 5.76. The number of carbonyl (C=O) groups is 3. The van der Waals surface area contributed by atoms with Crippen LogP contribution in [0.1, 0.15) is 16.8 Å². The van der Waals surface area contributed by atoms with E-state index in [-0.39, 0.29) is 23.8 Å². The second-order valence-corrected chi connectivity index (χ2v) is 7.42. The number of imide groups is 1. The molecule has 27 heavy (non-hydrogen) atoms. The van der Waals surface area contributed by atoms with E-state index < -0.39 is 11.2 Å². The number of thioether (sulfide) groups is 1. The van der Waals surface area contributed by atoms with Gasteiger partial charge in [-0.15, -0.1) is 11.8 Å². The van der Waals surface area contributed by atoms with E-state index in [1.54, 1.807) is 24.3 Å². The predicted octanol–water partition coefficient (Wildman–Crippen LogP) is 3.96. The molecule has 0 aromatic heterocycles. The van der Waals surface area contributed by atoms with Gasteiger partial charge in [0.2, 0.25) is 11.8 Å². The summed E-state index contributed by atoms with van der Waals surface area (Å²) in [5.74, 6) is -1.65. The number of rotatable bonds is 4. The Hall–Kier alpha value is -3.12. The lowest BCUT2D eigenvalue weighted by molar-refractivity contribution is -0.121. The summed E-state index contributed by atoms with van der Waals surface area (Å²) < 4.78 is 0. The molecule has 5 nitrogen and oxygen atoms in total. The number of amides is 2. The van der Waals surface area contributed by atoms with Gasteiger partial charge >= 0.3 is 5.97 Å². The number of hydrogen-bond donors (Lipinski definition) is 1. The van der Waals surface area contributed by atoms with E-state index in [0.717, 1.165) is 22.5 Å². The zero-order valence-corrected chi connectivity index (χ0v) is 15.0. The molecule has 1 heterocycles. The molecule has 3 aromatic rings. The molecule has 3 aromatic carbocycles. The third-order valence-electron chi connectivity index (χ3n) is 4.50. The van der Waals surface area contributed by atoms with E-state index in [4.69, 9.17) is 0 Å². The Morgan fingerprint density at radius 1 is 0.963 bits per heavy atom. The lowest BCUT2D eigenvalue weighted by Gasteiger charge is -2.17. The molecule has 1 unspecified atom stereocenters. The number of carbonyl (C=O) groups excluding carboxylic acids is 2. The first-order valence-corrected chi connectivity index (χ1v) is 9.28. The van der Waals surface area contributed by atoms with Crippen LogP contribution in [0.5, 0.6) is 0 Å². The van der Waals surface area contributed by atoms with Gasteiger partial charge in [-0.05, 0) is 23.6 Å². The van der Waals surface area contributed by atoms with Crippen molar-refractivity contribution in [3.8, 4) is 0 Å². The van der Waals surface area contributed by atoms with Crippen LogP contribution < -0.4 is 4.90 Å². The van der Waals surface area contributed by atoms with Crippen molar-refractivity contribution in [1.29, 1.82) is 0 Å². The average molecular weight is 377 g/mol. The fourth-order valence-electron chi connectivity index (χ4n) is 3.25. The maximum Gasteiger partial charge on any atom is 0.336 e. The second-order valence-electron chi connectivity index (χ2n) is 6.18. The van der Waals surface area contributed by atoms with Gasteiger partial charge in [0.15, 0.2) is 0 Å². The van der Waals surface area contributed by atoms with Gasteiger partial charge in [-0.3, -0.25) is 9.59 Å². The lowest BCUT2D eigenvalue weighted by atomic mass is 10.1. The van der Waals surface area contributed by atoms with Gasteiger partial charge in [-0.25, -0.2) is 9.69 Å². The van der Waals surface area contributed by atoms with E-state index in [2.05, 4.69) is 0 Å². The van der Waals surface area contributed by atoms with E-state index in [0.29, 0.717) is 10.6 Å². The Morgan fingerprint density at radius 3 is 2.48 bits per heavy atom. The molecule has 1 aliphatic heterocycles. The van der Waals surface area contributed by atoms with Gasteiger partial charge in [0, 0.05) is 16.7 Å². The minimum atomic E-state index is -1.05. The van der Waals surface area contributed by atoms with Crippen molar-refractivity contribution in [3.63, 3.8) is 0 Å². The number of carboxylic acid groups (broad SMARTS) is 1. The van der Waals surface area contributed by atoms with Gasteiger partial charge in [-0.2, -0.15) is 0 Å². The molecule has 0 radical (unpaired) electrons. The number of nitrogens with zero attached hydrogens (tertiary/aromatic N) is 1. The summed E-state index contributed by atoms with van der Waals surface area (Å²) in [5, 5.41) is 10.5. The normalized spacial score (nSPS) is 16.9. The van der Waals surface area contributed by atoms with E-state index >= 15 is 0 Å². The maximum absolute atomic E-state index is 13.0. The molecule has 2 amide bonds. The predicted molar refractivity (Wildman–Crippen MR) is 104 cm³/mol. The van der Waals surface area contributed by atoms with Crippen molar-refractivity contribution in [2.24, 2.45) is 0 Å². The number of carboxylic acids is 1. The van der Waals surface area contributed by atoms with Crippen LogP contribution in [-0.2, 0) is 9.59 Å². The van der Waals surface area contributed by atoms with Gasteiger partial charge < -0.3 is 5.11 Å². The van der Waals surface area contributed by atoms with Crippen LogP contribution in [0.3, 0.4) is 0 Å². The van der Waals surface area contributed by atoms with Gasteiger partial charge in [0.25, 0.3) is 0 Å². The summed E-state index contributed by atoms with van der Waals surface area (Å²) in [4.78, 5) is 38.7. The molecule has 134 valence electrons. The number of benzene rings is 3. The molecular formula is C21H15NO4S. The summed E-state index contributed by atoms with van der Waals surface area (Å²) >= 11 is 1.13. The monoisotopic (exact) mass is 377 g/mol. The highest BCUT2D eigenvalue weighted by Gasteiger charge is 2.41. The van der Waals surface area contributed by atoms with Crippen LogP contribution in [0.25, 0.3) is 10.8 Å². The highest BCUT2D eigenvalue weighted by molar-refractivity contribution is 8.00. The van der Waals surface area contributed by atoms with Crippen molar-refractivity contribution >= 4 is 46.0 Å². The van der Waals surface area contributed by atoms with Crippen molar-refractivity contribution in [3.05, 3.63) is 72.3 Å². The Labute approximate surface area is 159 Å². The average Bonchev–Trinajstić information content (AvgIpc) is 2.95. The van der Waals surface area contributed by atoms with Crippen molar-refractivity contribution < 1.29 is 19.5 Å². The van der Waals surface area contributed by atoms with E-state index in [9.17, 15) is 19.5 Å². The minimum absolute atomic E-state index is 0.0423. The highest BCUT2D eigenvalue weighted by atomic mass is 32.2. The molecule has 1 atom stereocenters. The maximum atomic E-state index is 13.0. The number of hydrogen-bond acceptors (Lipinski definition) is 4. The molecule has 1 saturated heterocycles. The highest BCUT2D eigenvalue weighted by Crippen LogP contribution is 2.37. The molecule has 0 bridgehead atoms. The first-order valence-electron chi connectivity index (χ1n) is 8.40. The molecule has 1 aliphatic rings. The zero-order valence-electron chi connectivity index (χ0n) is 14.2. The second kappa shape index (κ2) is 6.89. The lowest BCUT2D eigenvalue weighted by Crippen LogP contribution is -2.31. The minimum Gasteiger partial charge on any atom is -0.478 e. The molecule has 0 aliphatic carbocycles. The summed E-state index contributed by atoms with van der Waals surface area (Å²) in [7, 11) is 0. The molecule has 1 N–H and O–H groups in total. The van der Waals surface area contributed by atoms with Crippen molar-refractivity contribution in [1.82, 2.24) is 0 Å². The Morgan fingerprint density at radius 2 is 1.67 bits per heavy atom. The molecule has 0 saturated carbocycles. The number of fused-ring (bicyclic) bond motifs is 1. The van der Waals surface area contributed by atoms with Crippen LogP contribution in [0.4, 0.5) is 5.69 Å². The van der Waals surface area contributed by atoms with Crippen LogP contribution in [0.2, 0.25) is 0 Å².